The minimum atomic E-state index is -0.617. The number of amides is 1. The van der Waals surface area contributed by atoms with Crippen molar-refractivity contribution in [1.82, 2.24) is 4.90 Å². The van der Waals surface area contributed by atoms with Crippen LogP contribution in [0.3, 0.4) is 0 Å². The Hall–Kier alpha value is -1.70. The third-order valence-electron chi connectivity index (χ3n) is 2.82. The van der Waals surface area contributed by atoms with Crippen LogP contribution in [0, 0.1) is 10.1 Å². The maximum Gasteiger partial charge on any atom is 0.288 e. The summed E-state index contributed by atoms with van der Waals surface area (Å²) in [6.45, 7) is 1.39. The van der Waals surface area contributed by atoms with Crippen molar-refractivity contribution in [2.45, 2.75) is 0 Å². The van der Waals surface area contributed by atoms with E-state index in [0.29, 0.717) is 26.3 Å². The van der Waals surface area contributed by atoms with Gasteiger partial charge >= 0.3 is 0 Å². The number of rotatable bonds is 8. The van der Waals surface area contributed by atoms with Gasteiger partial charge in [0.25, 0.3) is 11.6 Å². The van der Waals surface area contributed by atoms with Gasteiger partial charge in [0.05, 0.1) is 23.7 Å². The second-order valence-corrected chi connectivity index (χ2v) is 4.55. The van der Waals surface area contributed by atoms with Gasteiger partial charge in [0.2, 0.25) is 0 Å². The van der Waals surface area contributed by atoms with Crippen molar-refractivity contribution in [3.05, 3.63) is 38.9 Å². The lowest BCUT2D eigenvalue weighted by Crippen LogP contribution is -2.36. The first-order valence-corrected chi connectivity index (χ1v) is 6.60. The summed E-state index contributed by atoms with van der Waals surface area (Å²) in [6.07, 6.45) is 0. The number of nitro groups is 1. The first-order valence-electron chi connectivity index (χ1n) is 6.23. The number of carbonyl (C=O) groups is 1. The average Bonchev–Trinajstić information content (AvgIpc) is 2.46. The van der Waals surface area contributed by atoms with Gasteiger partial charge < -0.3 is 14.4 Å². The maximum absolute atomic E-state index is 12.5. The number of ether oxygens (including phenoxy) is 2. The molecule has 0 unspecified atom stereocenters. The number of nitrogens with zero attached hydrogens (tertiary/aromatic N) is 2. The van der Waals surface area contributed by atoms with Crippen LogP contribution in [-0.4, -0.2) is 56.3 Å². The highest BCUT2D eigenvalue weighted by Gasteiger charge is 2.23. The van der Waals surface area contributed by atoms with E-state index in [4.69, 9.17) is 21.1 Å². The van der Waals surface area contributed by atoms with Gasteiger partial charge in [-0.1, -0.05) is 17.7 Å². The highest BCUT2D eigenvalue weighted by molar-refractivity contribution is 6.35. The number of hydrogen-bond donors (Lipinski definition) is 0. The normalized spacial score (nSPS) is 10.4. The fourth-order valence-electron chi connectivity index (χ4n) is 1.71. The number of nitro benzene ring substituents is 1. The van der Waals surface area contributed by atoms with Gasteiger partial charge in [-0.15, -0.1) is 0 Å². The van der Waals surface area contributed by atoms with E-state index in [9.17, 15) is 14.9 Å². The van der Waals surface area contributed by atoms with E-state index < -0.39 is 10.8 Å². The van der Waals surface area contributed by atoms with Gasteiger partial charge in [0.1, 0.15) is 5.02 Å². The van der Waals surface area contributed by atoms with E-state index in [2.05, 4.69) is 0 Å². The molecule has 1 aromatic carbocycles. The monoisotopic (exact) mass is 316 g/mol. The van der Waals surface area contributed by atoms with Gasteiger partial charge in [-0.3, -0.25) is 14.9 Å². The Kier molecular flexibility index (Phi) is 7.07. The summed E-state index contributed by atoms with van der Waals surface area (Å²) in [7, 11) is 3.05. The summed E-state index contributed by atoms with van der Waals surface area (Å²) in [4.78, 5) is 24.2. The lowest BCUT2D eigenvalue weighted by atomic mass is 10.1. The van der Waals surface area contributed by atoms with Crippen LogP contribution in [0.25, 0.3) is 0 Å². The molecule has 0 spiro atoms. The van der Waals surface area contributed by atoms with E-state index in [1.54, 1.807) is 0 Å². The molecule has 0 aliphatic heterocycles. The van der Waals surface area contributed by atoms with Crippen LogP contribution < -0.4 is 0 Å². The molecular weight excluding hydrogens is 300 g/mol. The van der Waals surface area contributed by atoms with Crippen molar-refractivity contribution in [3.63, 3.8) is 0 Å². The van der Waals surface area contributed by atoms with E-state index in [1.165, 1.54) is 37.3 Å². The number of halogens is 1. The molecule has 0 heterocycles. The molecule has 0 aromatic heterocycles. The second kappa shape index (κ2) is 8.56. The fraction of sp³-hybridized carbons (Fsp3) is 0.462. The molecule has 0 bridgehead atoms. The molecule has 0 saturated carbocycles. The van der Waals surface area contributed by atoms with Gasteiger partial charge in [0, 0.05) is 33.4 Å². The highest BCUT2D eigenvalue weighted by Crippen LogP contribution is 2.28. The predicted octanol–water partition coefficient (Wildman–Crippen LogP) is 1.98. The van der Waals surface area contributed by atoms with E-state index >= 15 is 0 Å². The predicted molar refractivity (Wildman–Crippen MR) is 77.8 cm³/mol. The molecule has 21 heavy (non-hydrogen) atoms. The summed E-state index contributed by atoms with van der Waals surface area (Å²) in [6, 6.07) is 4.15. The van der Waals surface area contributed by atoms with E-state index in [-0.39, 0.29) is 16.3 Å². The second-order valence-electron chi connectivity index (χ2n) is 4.17. The molecule has 7 nitrogen and oxygen atoms in total. The van der Waals surface area contributed by atoms with Crippen LogP contribution in [0.4, 0.5) is 5.69 Å². The molecule has 0 fully saturated rings. The third-order valence-corrected chi connectivity index (χ3v) is 3.22. The lowest BCUT2D eigenvalue weighted by molar-refractivity contribution is -0.384. The summed E-state index contributed by atoms with van der Waals surface area (Å²) < 4.78 is 9.91. The van der Waals surface area contributed by atoms with Crippen LogP contribution in [0.15, 0.2) is 18.2 Å². The quantitative estimate of drug-likeness (QED) is 0.541. The number of benzene rings is 1. The Labute approximate surface area is 127 Å². The van der Waals surface area contributed by atoms with Gasteiger partial charge in [-0.25, -0.2) is 0 Å². The third kappa shape index (κ3) is 4.66. The first-order chi connectivity index (χ1) is 10.0. The van der Waals surface area contributed by atoms with Gasteiger partial charge in [-0.2, -0.15) is 0 Å². The van der Waals surface area contributed by atoms with Crippen molar-refractivity contribution in [1.29, 1.82) is 0 Å². The molecular formula is C13H17ClN2O5. The van der Waals surface area contributed by atoms with Crippen molar-refractivity contribution in [2.24, 2.45) is 0 Å². The van der Waals surface area contributed by atoms with Crippen LogP contribution >= 0.6 is 11.6 Å². The minimum Gasteiger partial charge on any atom is -0.383 e. The smallest absolute Gasteiger partial charge is 0.288 e. The van der Waals surface area contributed by atoms with Gasteiger partial charge in [-0.05, 0) is 6.07 Å². The number of hydrogen-bond acceptors (Lipinski definition) is 5. The molecule has 0 aliphatic rings. The summed E-state index contributed by atoms with van der Waals surface area (Å²) in [5.74, 6) is -0.391. The summed E-state index contributed by atoms with van der Waals surface area (Å²) >= 11 is 5.96. The largest absolute Gasteiger partial charge is 0.383 e. The molecule has 8 heteroatoms. The Morgan fingerprint density at radius 1 is 1.29 bits per heavy atom. The molecule has 0 atom stereocenters. The summed E-state index contributed by atoms with van der Waals surface area (Å²) in [5.41, 5.74) is -0.195. The molecule has 0 N–H and O–H groups in total. The lowest BCUT2D eigenvalue weighted by Gasteiger charge is -2.22. The van der Waals surface area contributed by atoms with Gasteiger partial charge in [0.15, 0.2) is 0 Å². The maximum atomic E-state index is 12.5. The molecule has 0 aliphatic carbocycles. The zero-order valence-electron chi connectivity index (χ0n) is 11.9. The van der Waals surface area contributed by atoms with Crippen LogP contribution in [0.5, 0.6) is 0 Å². The Balaban J connectivity index is 3.02. The Bertz CT molecular complexity index is 501. The minimum absolute atomic E-state index is 0.0954. The van der Waals surface area contributed by atoms with Crippen LogP contribution in [0.2, 0.25) is 5.02 Å². The molecule has 0 saturated heterocycles. The SMILES string of the molecule is COCCN(CCOC)C(=O)c1cccc([N+](=O)[O-])c1Cl. The molecule has 1 amide bonds. The van der Waals surface area contributed by atoms with Crippen LogP contribution in [0.1, 0.15) is 10.4 Å². The topological polar surface area (TPSA) is 81.9 Å². The van der Waals surface area contributed by atoms with Crippen molar-refractivity contribution < 1.29 is 19.2 Å². The molecule has 0 radical (unpaired) electrons. The molecule has 1 aromatic rings. The Morgan fingerprint density at radius 2 is 1.86 bits per heavy atom. The standard InChI is InChI=1S/C13H17ClN2O5/c1-20-8-6-15(7-9-21-2)13(17)10-4-3-5-11(12(10)14)16(18)19/h3-5H,6-9H2,1-2H3. The zero-order valence-corrected chi connectivity index (χ0v) is 12.6. The number of methoxy groups -OCH3 is 2. The van der Waals surface area contributed by atoms with Crippen molar-refractivity contribution in [3.8, 4) is 0 Å². The van der Waals surface area contributed by atoms with Crippen LogP contribution in [-0.2, 0) is 9.47 Å². The van der Waals surface area contributed by atoms with Crippen molar-refractivity contribution >= 4 is 23.2 Å². The number of carbonyl (C=O) groups excluding carboxylic acids is 1. The van der Waals surface area contributed by atoms with E-state index in [1.807, 2.05) is 0 Å². The molecule has 1 rings (SSSR count). The highest BCUT2D eigenvalue weighted by atomic mass is 35.5. The van der Waals surface area contributed by atoms with Crippen molar-refractivity contribution in [2.75, 3.05) is 40.5 Å². The Morgan fingerprint density at radius 3 is 2.33 bits per heavy atom. The average molecular weight is 317 g/mol. The van der Waals surface area contributed by atoms with E-state index in [0.717, 1.165) is 0 Å². The molecule has 116 valence electrons. The summed E-state index contributed by atoms with van der Waals surface area (Å²) in [5, 5.41) is 10.7. The zero-order chi connectivity index (χ0) is 15.8. The fourth-order valence-corrected chi connectivity index (χ4v) is 1.99. The first kappa shape index (κ1) is 17.4.